The highest BCUT2D eigenvalue weighted by Gasteiger charge is 2.43. The van der Waals surface area contributed by atoms with Gasteiger partial charge in [-0.25, -0.2) is 19.4 Å². The highest BCUT2D eigenvalue weighted by Crippen LogP contribution is 2.37. The Bertz CT molecular complexity index is 2640. The summed E-state index contributed by atoms with van der Waals surface area (Å²) in [5.74, 6) is -2.11. The van der Waals surface area contributed by atoms with Crippen LogP contribution >= 0.6 is 11.6 Å². The van der Waals surface area contributed by atoms with Crippen molar-refractivity contribution < 1.29 is 46.7 Å². The smallest absolute Gasteiger partial charge is 0.435 e. The van der Waals surface area contributed by atoms with E-state index in [0.717, 1.165) is 36.7 Å². The molecule has 0 saturated carbocycles. The van der Waals surface area contributed by atoms with Crippen molar-refractivity contribution in [2.24, 2.45) is 18.9 Å². The van der Waals surface area contributed by atoms with Gasteiger partial charge in [-0.3, -0.25) is 19.2 Å². The number of piperazine rings is 1. The van der Waals surface area contributed by atoms with Crippen LogP contribution in [0.2, 0.25) is 5.02 Å². The first-order valence-corrected chi connectivity index (χ1v) is 21.1. The molecule has 3 aliphatic heterocycles. The molecule has 3 saturated heterocycles. The van der Waals surface area contributed by atoms with Gasteiger partial charge >= 0.3 is 12.1 Å². The fraction of sp³-hybridized carbons (Fsp3) is 0.429. The number of piperidine rings is 1. The van der Waals surface area contributed by atoms with Crippen molar-refractivity contribution in [3.05, 3.63) is 76.7 Å². The number of imidazole rings is 1. The van der Waals surface area contributed by atoms with Crippen LogP contribution < -0.4 is 10.6 Å². The summed E-state index contributed by atoms with van der Waals surface area (Å²) in [6.07, 6.45) is 1.48. The van der Waals surface area contributed by atoms with E-state index in [1.807, 2.05) is 0 Å². The van der Waals surface area contributed by atoms with Crippen LogP contribution in [0.3, 0.4) is 0 Å². The maximum absolute atomic E-state index is 14.4. The number of hydrogen-bond acceptors (Lipinski definition) is 9. The number of quaternary nitrogens is 1. The zero-order valence-corrected chi connectivity index (χ0v) is 36.0. The molecule has 1 aromatic carbocycles. The molecule has 4 amide bonds. The molecule has 0 atom stereocenters. The summed E-state index contributed by atoms with van der Waals surface area (Å²) in [6, 6.07) is 5.81. The molecular weight excluding hydrogens is 861 g/mol. The number of carboxylic acids is 1. The number of rotatable bonds is 11. The molecule has 4 N–H and O–H groups in total. The van der Waals surface area contributed by atoms with Gasteiger partial charge in [-0.2, -0.15) is 18.3 Å². The molecule has 338 valence electrons. The van der Waals surface area contributed by atoms with E-state index in [0.29, 0.717) is 65.9 Å². The lowest BCUT2D eigenvalue weighted by Gasteiger charge is -2.46. The van der Waals surface area contributed by atoms with Gasteiger partial charge in [0.2, 0.25) is 5.91 Å². The largest absolute Gasteiger partial charge is 0.477 e. The van der Waals surface area contributed by atoms with E-state index in [1.165, 1.54) is 53.2 Å². The standard InChI is InChI=1S/C42H46ClF3N12O6/c1-53(2)40(63)29-19-48-32-15-34(49-18-28(29)32)57-21-30(36(52-57)42(44,45)46)33-20-50-37(54(33)3)38(61)51-26-4-5-27(31(43)14-26)41(64)56-10-8-55(9-11-56)39(62)25-6-12-58(13-7-25,23-35(59)60)22-24-16-47-17-24/h4-5,14-15,18-21,24-25,47H,6-13,16-17,22-23H2,1-3H3,(H2-,48,49,51,59,60,61,63,64)/p+1. The topological polar surface area (TPSA) is 204 Å². The zero-order chi connectivity index (χ0) is 45.7. The number of likely N-dealkylation sites (tertiary alicyclic amines) is 1. The van der Waals surface area contributed by atoms with Gasteiger partial charge in [0.05, 0.1) is 58.8 Å². The van der Waals surface area contributed by atoms with Crippen LogP contribution in [0, 0.1) is 11.8 Å². The number of aliphatic carboxylic acids is 1. The molecule has 64 heavy (non-hydrogen) atoms. The lowest BCUT2D eigenvalue weighted by Crippen LogP contribution is -2.62. The number of carbonyl (C=O) groups excluding carboxylic acids is 4. The van der Waals surface area contributed by atoms with Crippen molar-refractivity contribution in [3.8, 4) is 17.1 Å². The number of fused-ring (bicyclic) bond motifs is 1. The van der Waals surface area contributed by atoms with E-state index in [-0.39, 0.29) is 82.4 Å². The quantitative estimate of drug-likeness (QED) is 0.142. The molecule has 0 unspecified atom stereocenters. The fourth-order valence-electron chi connectivity index (χ4n) is 8.90. The van der Waals surface area contributed by atoms with Crippen molar-refractivity contribution >= 4 is 57.8 Å². The van der Waals surface area contributed by atoms with Crippen molar-refractivity contribution in [3.63, 3.8) is 0 Å². The Labute approximate surface area is 369 Å². The van der Waals surface area contributed by atoms with Crippen LogP contribution in [-0.2, 0) is 22.8 Å². The minimum atomic E-state index is -4.89. The number of hydrogen-bond donors (Lipinski definition) is 4. The zero-order valence-electron chi connectivity index (χ0n) is 35.3. The lowest BCUT2D eigenvalue weighted by atomic mass is 9.90. The first-order chi connectivity index (χ1) is 30.4. The predicted molar refractivity (Wildman–Crippen MR) is 227 cm³/mol. The van der Waals surface area contributed by atoms with Crippen LogP contribution in [0.5, 0.6) is 0 Å². The minimum absolute atomic E-state index is 0.0250. The Balaban J connectivity index is 0.895. The Morgan fingerprint density at radius 1 is 0.984 bits per heavy atom. The van der Waals surface area contributed by atoms with Crippen molar-refractivity contribution in [1.29, 1.82) is 0 Å². The molecule has 0 spiro atoms. The molecule has 0 radical (unpaired) electrons. The van der Waals surface area contributed by atoms with Gasteiger partial charge in [-0.05, 0) is 18.2 Å². The highest BCUT2D eigenvalue weighted by atomic mass is 35.5. The molecule has 3 aliphatic rings. The number of pyridine rings is 1. The number of carbonyl (C=O) groups is 5. The number of carboxylic acid groups (broad SMARTS) is 1. The number of halogens is 4. The van der Waals surface area contributed by atoms with Gasteiger partial charge in [0, 0.05) is 121 Å². The number of nitrogens with one attached hydrogen (secondary N) is 3. The van der Waals surface area contributed by atoms with Crippen LogP contribution in [-0.4, -0.2) is 163 Å². The number of alkyl halides is 3. The second-order valence-electron chi connectivity index (χ2n) is 16.9. The van der Waals surface area contributed by atoms with E-state index >= 15 is 0 Å². The molecule has 8 rings (SSSR count). The van der Waals surface area contributed by atoms with Crippen LogP contribution in [0.15, 0.2) is 49.1 Å². The first kappa shape index (κ1) is 44.3. The van der Waals surface area contributed by atoms with Crippen LogP contribution in [0.1, 0.15) is 49.9 Å². The molecular formula is C42H47ClF3N12O6+. The summed E-state index contributed by atoms with van der Waals surface area (Å²) in [6.45, 7) is 5.16. The van der Waals surface area contributed by atoms with Gasteiger partial charge in [0.15, 0.2) is 23.9 Å². The minimum Gasteiger partial charge on any atom is -0.477 e. The summed E-state index contributed by atoms with van der Waals surface area (Å²) in [4.78, 5) is 81.0. The highest BCUT2D eigenvalue weighted by molar-refractivity contribution is 6.34. The summed E-state index contributed by atoms with van der Waals surface area (Å²) < 4.78 is 45.9. The van der Waals surface area contributed by atoms with Crippen molar-refractivity contribution in [2.75, 3.05) is 84.9 Å². The Hall–Kier alpha value is -6.32. The number of H-pyrrole nitrogens is 1. The monoisotopic (exact) mass is 907 g/mol. The number of aromatic amines is 1. The molecule has 7 heterocycles. The predicted octanol–water partition coefficient (Wildman–Crippen LogP) is 3.59. The molecule has 3 fully saturated rings. The molecule has 22 heteroatoms. The fourth-order valence-corrected chi connectivity index (χ4v) is 9.16. The summed E-state index contributed by atoms with van der Waals surface area (Å²) in [5, 5.41) is 19.8. The lowest BCUT2D eigenvalue weighted by molar-refractivity contribution is -0.929. The molecule has 18 nitrogen and oxygen atoms in total. The maximum atomic E-state index is 14.4. The van der Waals surface area contributed by atoms with Crippen molar-refractivity contribution in [2.45, 2.75) is 19.0 Å². The number of anilines is 1. The second-order valence-corrected chi connectivity index (χ2v) is 17.3. The normalized spacial score (nSPS) is 19.4. The number of benzene rings is 1. The van der Waals surface area contributed by atoms with Crippen LogP contribution in [0.25, 0.3) is 28.0 Å². The second kappa shape index (κ2) is 17.3. The van der Waals surface area contributed by atoms with Crippen LogP contribution in [0.4, 0.5) is 18.9 Å². The number of aromatic nitrogens is 6. The Morgan fingerprint density at radius 3 is 2.31 bits per heavy atom. The summed E-state index contributed by atoms with van der Waals surface area (Å²) >= 11 is 6.57. The van der Waals surface area contributed by atoms with Gasteiger partial charge in [-0.15, -0.1) is 0 Å². The first-order valence-electron chi connectivity index (χ1n) is 20.8. The average Bonchev–Trinajstić information content (AvgIpc) is 3.98. The van der Waals surface area contributed by atoms with Crippen molar-refractivity contribution in [1.82, 2.24) is 49.3 Å². The van der Waals surface area contributed by atoms with E-state index in [4.69, 9.17) is 11.6 Å². The molecule has 0 aliphatic carbocycles. The van der Waals surface area contributed by atoms with E-state index < -0.39 is 23.7 Å². The molecule has 4 aromatic heterocycles. The third kappa shape index (κ3) is 8.78. The SMILES string of the molecule is CN(C)C(=O)c1c[nH]c2cc(-n3cc(-c4cnc(C(=O)Nc5ccc(C(=O)N6CCN(C(=O)C7CC[N+](CC(=O)O)(CC8CNC8)CC7)CC6)c(Cl)c5)n4C)c(C(F)(F)F)n3)ncc12. The maximum Gasteiger partial charge on any atom is 0.435 e. The van der Waals surface area contributed by atoms with Gasteiger partial charge in [-0.1, -0.05) is 11.6 Å². The summed E-state index contributed by atoms with van der Waals surface area (Å²) in [5.41, 5.74) is -0.456. The number of amides is 4. The Morgan fingerprint density at radius 2 is 1.69 bits per heavy atom. The Kier molecular flexibility index (Phi) is 12.0. The van der Waals surface area contributed by atoms with E-state index in [9.17, 15) is 42.3 Å². The summed E-state index contributed by atoms with van der Waals surface area (Å²) in [7, 11) is 4.58. The van der Waals surface area contributed by atoms with Gasteiger partial charge < -0.3 is 44.5 Å². The number of nitrogens with zero attached hydrogens (tertiary/aromatic N) is 9. The molecule has 0 bridgehead atoms. The van der Waals surface area contributed by atoms with Gasteiger partial charge in [0.1, 0.15) is 0 Å². The molecule has 5 aromatic rings. The van der Waals surface area contributed by atoms with E-state index in [2.05, 4.69) is 30.7 Å². The average molecular weight is 908 g/mol. The third-order valence-corrected chi connectivity index (χ3v) is 12.8. The van der Waals surface area contributed by atoms with Gasteiger partial charge in [0.25, 0.3) is 17.7 Å². The third-order valence-electron chi connectivity index (χ3n) is 12.4. The van der Waals surface area contributed by atoms with E-state index in [1.54, 1.807) is 23.9 Å².